The first-order valence-electron chi connectivity index (χ1n) is 4.50. The van der Waals surface area contributed by atoms with Crippen LogP contribution in [0, 0.1) is 0 Å². The molecule has 3 heteroatoms. The van der Waals surface area contributed by atoms with Crippen LogP contribution in [0.4, 0.5) is 0 Å². The van der Waals surface area contributed by atoms with E-state index in [2.05, 4.69) is 20.8 Å². The van der Waals surface area contributed by atoms with E-state index in [0.717, 1.165) is 0 Å². The van der Waals surface area contributed by atoms with Gasteiger partial charge in [-0.05, 0) is 20.8 Å². The topological polar surface area (TPSA) is 18.5 Å². The molecule has 0 aromatic rings. The van der Waals surface area contributed by atoms with Crippen molar-refractivity contribution in [3.8, 4) is 0 Å². The Morgan fingerprint density at radius 2 is 1.67 bits per heavy atom. The predicted octanol–water partition coefficient (Wildman–Crippen LogP) is 2.00. The molecular weight excluding hydrogens is 172 g/mol. The van der Waals surface area contributed by atoms with Gasteiger partial charge in [0, 0.05) is 24.9 Å². The van der Waals surface area contributed by atoms with Crippen LogP contribution in [-0.4, -0.2) is 30.3 Å². The van der Waals surface area contributed by atoms with Gasteiger partial charge in [-0.2, -0.15) is 0 Å². The highest BCUT2D eigenvalue weighted by Crippen LogP contribution is 2.10. The maximum Gasteiger partial charge on any atom is 0.217 e. The summed E-state index contributed by atoms with van der Waals surface area (Å²) in [5.41, 5.74) is 0.329. The van der Waals surface area contributed by atoms with Crippen LogP contribution >= 0.6 is 0 Å². The molecule has 0 aliphatic carbocycles. The molecule has 0 fully saturated rings. The van der Waals surface area contributed by atoms with Gasteiger partial charge in [0.1, 0.15) is 11.5 Å². The lowest BCUT2D eigenvalue weighted by molar-refractivity contribution is -0.117. The predicted molar refractivity (Wildman–Crippen MR) is 55.5 cm³/mol. The molecule has 0 amide bonds. The van der Waals surface area contributed by atoms with Crippen molar-refractivity contribution in [2.75, 3.05) is 18.6 Å². The molecule has 0 aromatic heterocycles. The summed E-state index contributed by atoms with van der Waals surface area (Å²) >= 11 is 0. The van der Waals surface area contributed by atoms with Crippen LogP contribution in [0.25, 0.3) is 0 Å². The van der Waals surface area contributed by atoms with E-state index in [4.69, 9.17) is 9.47 Å². The molecule has 0 aromatic carbocycles. The van der Waals surface area contributed by atoms with Crippen LogP contribution in [0.3, 0.4) is 0 Å². The van der Waals surface area contributed by atoms with Gasteiger partial charge in [0.15, 0.2) is 6.29 Å². The minimum absolute atomic E-state index is 0.0758. The first kappa shape index (κ1) is 12.3. The third-order valence-corrected chi connectivity index (χ3v) is 4.46. The Hall–Kier alpha value is 0.270. The monoisotopic (exact) mass is 193 g/mol. The molecule has 0 aliphatic heterocycles. The average Bonchev–Trinajstić information content (AvgIpc) is 2.06. The summed E-state index contributed by atoms with van der Waals surface area (Å²) in [4.78, 5) is 0. The Labute approximate surface area is 79.0 Å². The molecule has 0 heterocycles. The van der Waals surface area contributed by atoms with Gasteiger partial charge in [0.25, 0.3) is 0 Å². The van der Waals surface area contributed by atoms with E-state index in [-0.39, 0.29) is 6.29 Å². The molecule has 0 saturated carbocycles. The third-order valence-electron chi connectivity index (χ3n) is 1.93. The number of methoxy groups -OCH3 is 1. The quantitative estimate of drug-likeness (QED) is 0.474. The summed E-state index contributed by atoms with van der Waals surface area (Å²) < 4.78 is 10.7. The lowest BCUT2D eigenvalue weighted by Gasteiger charge is -2.17. The molecule has 0 radical (unpaired) electrons. The van der Waals surface area contributed by atoms with E-state index in [0.29, 0.717) is 16.3 Å². The summed E-state index contributed by atoms with van der Waals surface area (Å²) in [7, 11) is 2.07. The highest BCUT2D eigenvalue weighted by Gasteiger charge is 2.24. The fraction of sp³-hybridized carbons (Fsp3) is 1.00. The van der Waals surface area contributed by atoms with Gasteiger partial charge < -0.3 is 9.47 Å². The maximum atomic E-state index is 5.63. The second-order valence-corrected chi connectivity index (χ2v) is 5.52. The molecule has 0 aliphatic rings. The highest BCUT2D eigenvalue weighted by atomic mass is 32.2. The minimum atomic E-state index is -0.0758. The lowest BCUT2D eigenvalue weighted by Crippen LogP contribution is -2.29. The zero-order valence-electron chi connectivity index (χ0n) is 8.79. The first-order chi connectivity index (χ1) is 5.65. The van der Waals surface area contributed by atoms with Crippen LogP contribution in [0.5, 0.6) is 0 Å². The van der Waals surface area contributed by atoms with E-state index in [1.54, 1.807) is 7.11 Å². The number of rotatable bonds is 6. The van der Waals surface area contributed by atoms with Crippen molar-refractivity contribution in [3.05, 3.63) is 0 Å². The second-order valence-electron chi connectivity index (χ2n) is 2.62. The number of hydrogen-bond acceptors (Lipinski definition) is 2. The third kappa shape index (κ3) is 4.33. The average molecular weight is 193 g/mol. The molecule has 0 bridgehead atoms. The Morgan fingerprint density at radius 1 is 1.17 bits per heavy atom. The van der Waals surface area contributed by atoms with Crippen molar-refractivity contribution in [2.24, 2.45) is 0 Å². The zero-order valence-corrected chi connectivity index (χ0v) is 9.61. The summed E-state index contributed by atoms with van der Waals surface area (Å²) in [6, 6.07) is 0. The van der Waals surface area contributed by atoms with Gasteiger partial charge in [-0.3, -0.25) is 0 Å². The Balaban J connectivity index is 3.75. The van der Waals surface area contributed by atoms with Crippen molar-refractivity contribution < 1.29 is 9.47 Å². The van der Waals surface area contributed by atoms with E-state index in [1.165, 1.54) is 11.5 Å². The van der Waals surface area contributed by atoms with Gasteiger partial charge in [0.2, 0.25) is 5.44 Å². The maximum absolute atomic E-state index is 5.63. The zero-order chi connectivity index (χ0) is 9.56. The van der Waals surface area contributed by atoms with E-state index in [1.807, 2.05) is 6.92 Å². The van der Waals surface area contributed by atoms with Gasteiger partial charge in [0.05, 0.1) is 0 Å². The molecule has 74 valence electrons. The molecule has 0 N–H and O–H groups in total. The molecule has 0 saturated heterocycles. The molecule has 0 rings (SSSR count). The SMILES string of the molecule is CC[S+](CC)C(C)OC(C)OC. The van der Waals surface area contributed by atoms with Crippen molar-refractivity contribution in [3.63, 3.8) is 0 Å². The number of hydrogen-bond donors (Lipinski definition) is 0. The van der Waals surface area contributed by atoms with Gasteiger partial charge >= 0.3 is 0 Å². The summed E-state index contributed by atoms with van der Waals surface area (Å²) in [5, 5.41) is 0. The van der Waals surface area contributed by atoms with Crippen molar-refractivity contribution in [1.82, 2.24) is 0 Å². The minimum Gasteiger partial charge on any atom is -0.356 e. The van der Waals surface area contributed by atoms with Gasteiger partial charge in [-0.25, -0.2) is 0 Å². The molecule has 12 heavy (non-hydrogen) atoms. The molecular formula is C9H21O2S+. The molecule has 2 atom stereocenters. The fourth-order valence-corrected chi connectivity index (χ4v) is 2.74. The summed E-state index contributed by atoms with van der Waals surface area (Å²) in [6.45, 7) is 8.49. The normalized spacial score (nSPS) is 16.5. The van der Waals surface area contributed by atoms with Crippen molar-refractivity contribution in [1.29, 1.82) is 0 Å². The Kier molecular flexibility index (Phi) is 6.90. The van der Waals surface area contributed by atoms with Crippen LogP contribution in [0.15, 0.2) is 0 Å². The van der Waals surface area contributed by atoms with E-state index < -0.39 is 0 Å². The first-order valence-corrected chi connectivity index (χ1v) is 6.12. The smallest absolute Gasteiger partial charge is 0.217 e. The van der Waals surface area contributed by atoms with Gasteiger partial charge in [-0.15, -0.1) is 0 Å². The molecule has 2 unspecified atom stereocenters. The van der Waals surface area contributed by atoms with Crippen LogP contribution < -0.4 is 0 Å². The van der Waals surface area contributed by atoms with E-state index in [9.17, 15) is 0 Å². The van der Waals surface area contributed by atoms with Crippen LogP contribution in [0.2, 0.25) is 0 Å². The van der Waals surface area contributed by atoms with Gasteiger partial charge in [-0.1, -0.05) is 0 Å². The van der Waals surface area contributed by atoms with Crippen LogP contribution in [-0.2, 0) is 20.4 Å². The Bertz CT molecular complexity index is 105. The van der Waals surface area contributed by atoms with Crippen molar-refractivity contribution in [2.45, 2.75) is 39.4 Å². The van der Waals surface area contributed by atoms with E-state index >= 15 is 0 Å². The lowest BCUT2D eigenvalue weighted by atomic mass is 10.7. The second kappa shape index (κ2) is 6.75. The number of ether oxygens (including phenoxy) is 2. The summed E-state index contributed by atoms with van der Waals surface area (Å²) in [5.74, 6) is 2.40. The summed E-state index contributed by atoms with van der Waals surface area (Å²) in [6.07, 6.45) is -0.0758. The molecule has 2 nitrogen and oxygen atoms in total. The largest absolute Gasteiger partial charge is 0.356 e. The standard InChI is InChI=1S/C9H21O2S/c1-6-12(7-2)9(4)11-8(3)10-5/h8-9H,6-7H2,1-5H3/q+1. The fourth-order valence-electron chi connectivity index (χ4n) is 1.08. The van der Waals surface area contributed by atoms with Crippen molar-refractivity contribution >= 4 is 10.9 Å². The highest BCUT2D eigenvalue weighted by molar-refractivity contribution is 7.97. The Morgan fingerprint density at radius 3 is 2.00 bits per heavy atom. The van der Waals surface area contributed by atoms with Crippen LogP contribution in [0.1, 0.15) is 27.7 Å². The molecule has 0 spiro atoms.